The number of unbranched alkanes of at least 4 members (excludes halogenated alkanes) is 3. The molecule has 0 fully saturated rings. The Labute approximate surface area is 140 Å². The first-order valence-corrected chi connectivity index (χ1v) is 8.65. The molecule has 1 unspecified atom stereocenters. The van der Waals surface area contributed by atoms with Crippen LogP contribution >= 0.6 is 0 Å². The Morgan fingerprint density at radius 1 is 0.870 bits per heavy atom. The van der Waals surface area contributed by atoms with Gasteiger partial charge in [-0.1, -0.05) is 68.4 Å². The van der Waals surface area contributed by atoms with E-state index in [-0.39, 0.29) is 6.42 Å². The average Bonchev–Trinajstić information content (AvgIpc) is 2.54. The average molecular weight is 322 g/mol. The van der Waals surface area contributed by atoms with Gasteiger partial charge in [-0.25, -0.2) is 9.18 Å². The number of carboxylic acids is 1. The summed E-state index contributed by atoms with van der Waals surface area (Å²) in [5.41, 5.74) is 0. The highest BCUT2D eigenvalue weighted by molar-refractivity contribution is 5.71. The van der Waals surface area contributed by atoms with Crippen LogP contribution < -0.4 is 0 Å². The largest absolute Gasteiger partial charge is 0.479 e. The van der Waals surface area contributed by atoms with E-state index in [2.05, 4.69) is 43.4 Å². The van der Waals surface area contributed by atoms with Crippen LogP contribution in [0.2, 0.25) is 0 Å². The van der Waals surface area contributed by atoms with Crippen LogP contribution in [0, 0.1) is 0 Å². The Hall–Kier alpha value is -1.64. The maximum atomic E-state index is 12.7. The molecule has 0 amide bonds. The number of hydrogen-bond acceptors (Lipinski definition) is 1. The van der Waals surface area contributed by atoms with Crippen molar-refractivity contribution in [1.82, 2.24) is 0 Å². The Morgan fingerprint density at radius 3 is 1.83 bits per heavy atom. The number of hydrogen-bond donors (Lipinski definition) is 1. The predicted octanol–water partition coefficient (Wildman–Crippen LogP) is 6.16. The predicted molar refractivity (Wildman–Crippen MR) is 96.3 cm³/mol. The van der Waals surface area contributed by atoms with Crippen molar-refractivity contribution in [3.05, 3.63) is 48.6 Å². The van der Waals surface area contributed by atoms with Gasteiger partial charge in [0.2, 0.25) is 0 Å². The molecule has 0 bridgehead atoms. The molecule has 0 aliphatic carbocycles. The molecule has 130 valence electrons. The molecule has 0 aliphatic rings. The molecule has 1 atom stereocenters. The van der Waals surface area contributed by atoms with Gasteiger partial charge < -0.3 is 5.11 Å². The van der Waals surface area contributed by atoms with Crippen LogP contribution in [0.3, 0.4) is 0 Å². The summed E-state index contributed by atoms with van der Waals surface area (Å²) < 4.78 is 12.7. The number of carboxylic acid groups (broad SMARTS) is 1. The monoisotopic (exact) mass is 322 g/mol. The molecule has 0 saturated heterocycles. The molecule has 1 N–H and O–H groups in total. The van der Waals surface area contributed by atoms with Gasteiger partial charge in [-0.2, -0.15) is 0 Å². The smallest absolute Gasteiger partial charge is 0.338 e. The third-order valence-corrected chi connectivity index (χ3v) is 3.31. The first-order valence-electron chi connectivity index (χ1n) is 8.65. The Balaban J connectivity index is 3.49. The molecule has 0 radical (unpaired) electrons. The fraction of sp³-hybridized carbons (Fsp3) is 0.550. The van der Waals surface area contributed by atoms with E-state index in [4.69, 9.17) is 5.11 Å². The molecular formula is C20H31FO2. The van der Waals surface area contributed by atoms with E-state index in [1.807, 2.05) is 12.2 Å². The summed E-state index contributed by atoms with van der Waals surface area (Å²) in [6.45, 7) is 2.22. The Kier molecular flexibility index (Phi) is 15.5. The molecule has 3 heteroatoms. The quantitative estimate of drug-likeness (QED) is 0.307. The maximum Gasteiger partial charge on any atom is 0.338 e. The van der Waals surface area contributed by atoms with Gasteiger partial charge in [0.1, 0.15) is 0 Å². The van der Waals surface area contributed by atoms with Crippen LogP contribution in [-0.2, 0) is 4.79 Å². The van der Waals surface area contributed by atoms with Crippen molar-refractivity contribution in [3.8, 4) is 0 Å². The minimum atomic E-state index is -1.75. The summed E-state index contributed by atoms with van der Waals surface area (Å²) in [5, 5.41) is 8.39. The fourth-order valence-corrected chi connectivity index (χ4v) is 1.93. The number of carbonyl (C=O) groups is 1. The molecule has 0 saturated carbocycles. The van der Waals surface area contributed by atoms with E-state index < -0.39 is 12.1 Å². The first kappa shape index (κ1) is 21.4. The third-order valence-electron chi connectivity index (χ3n) is 3.31. The number of alkyl halides is 1. The van der Waals surface area contributed by atoms with Crippen molar-refractivity contribution < 1.29 is 14.3 Å². The Bertz CT molecular complexity index is 394. The molecule has 2 nitrogen and oxygen atoms in total. The lowest BCUT2D eigenvalue weighted by molar-refractivity contribution is -0.142. The first-order chi connectivity index (χ1) is 11.2. The second kappa shape index (κ2) is 16.7. The minimum absolute atomic E-state index is 0.0459. The fourth-order valence-electron chi connectivity index (χ4n) is 1.93. The van der Waals surface area contributed by atoms with Gasteiger partial charge in [-0.15, -0.1) is 0 Å². The van der Waals surface area contributed by atoms with Crippen LogP contribution in [0.4, 0.5) is 4.39 Å². The second-order valence-corrected chi connectivity index (χ2v) is 5.47. The van der Waals surface area contributed by atoms with Gasteiger partial charge in [-0.3, -0.25) is 0 Å². The summed E-state index contributed by atoms with van der Waals surface area (Å²) in [4.78, 5) is 10.3. The van der Waals surface area contributed by atoms with Crippen LogP contribution in [-0.4, -0.2) is 17.2 Å². The molecule has 0 rings (SSSR count). The van der Waals surface area contributed by atoms with Crippen molar-refractivity contribution >= 4 is 5.97 Å². The molecule has 0 spiro atoms. The van der Waals surface area contributed by atoms with Gasteiger partial charge in [0.15, 0.2) is 6.17 Å². The zero-order chi connectivity index (χ0) is 17.2. The number of halogens is 1. The topological polar surface area (TPSA) is 37.3 Å². The normalized spacial score (nSPS) is 13.8. The standard InChI is InChI=1S/C20H31FO2/c1-2-3-4-5-6-7-8-9-10-11-12-13-14-15-16-17-18-19(21)20(22)23/h6-7,9-10,12-13,15-16,19H,2-5,8,11,14,17-18H2,1H3,(H,22,23). The van der Waals surface area contributed by atoms with E-state index in [0.29, 0.717) is 6.42 Å². The maximum absolute atomic E-state index is 12.7. The second-order valence-electron chi connectivity index (χ2n) is 5.47. The molecule has 0 aromatic rings. The van der Waals surface area contributed by atoms with Crippen molar-refractivity contribution in [2.45, 2.75) is 70.9 Å². The summed E-state index contributed by atoms with van der Waals surface area (Å²) >= 11 is 0. The molecule has 23 heavy (non-hydrogen) atoms. The van der Waals surface area contributed by atoms with Gasteiger partial charge in [0, 0.05) is 0 Å². The van der Waals surface area contributed by atoms with E-state index in [1.54, 1.807) is 0 Å². The summed E-state index contributed by atoms with van der Waals surface area (Å²) in [6, 6.07) is 0. The highest BCUT2D eigenvalue weighted by Crippen LogP contribution is 2.04. The SMILES string of the molecule is CCCCCC=CCC=CCC=CCC=CCCC(F)C(=O)O. The summed E-state index contributed by atoms with van der Waals surface area (Å²) in [7, 11) is 0. The zero-order valence-electron chi connectivity index (χ0n) is 14.3. The van der Waals surface area contributed by atoms with E-state index in [9.17, 15) is 9.18 Å². The van der Waals surface area contributed by atoms with Gasteiger partial charge >= 0.3 is 5.97 Å². The molecule has 0 aliphatic heterocycles. The van der Waals surface area contributed by atoms with Crippen LogP contribution in [0.25, 0.3) is 0 Å². The molecule has 0 heterocycles. The molecular weight excluding hydrogens is 291 g/mol. The van der Waals surface area contributed by atoms with Crippen LogP contribution in [0.15, 0.2) is 48.6 Å². The minimum Gasteiger partial charge on any atom is -0.479 e. The van der Waals surface area contributed by atoms with E-state index in [0.717, 1.165) is 19.3 Å². The van der Waals surface area contributed by atoms with Crippen molar-refractivity contribution in [1.29, 1.82) is 0 Å². The van der Waals surface area contributed by atoms with Crippen molar-refractivity contribution in [3.63, 3.8) is 0 Å². The number of rotatable bonds is 14. The number of aliphatic carboxylic acids is 1. The number of allylic oxidation sites excluding steroid dienone is 8. The lowest BCUT2D eigenvalue weighted by Gasteiger charge is -1.97. The van der Waals surface area contributed by atoms with Crippen molar-refractivity contribution in [2.24, 2.45) is 0 Å². The van der Waals surface area contributed by atoms with Crippen LogP contribution in [0.5, 0.6) is 0 Å². The van der Waals surface area contributed by atoms with E-state index >= 15 is 0 Å². The van der Waals surface area contributed by atoms with Crippen molar-refractivity contribution in [2.75, 3.05) is 0 Å². The lowest BCUT2D eigenvalue weighted by atomic mass is 10.2. The van der Waals surface area contributed by atoms with E-state index in [1.165, 1.54) is 25.7 Å². The lowest BCUT2D eigenvalue weighted by Crippen LogP contribution is -2.13. The molecule has 0 aromatic heterocycles. The zero-order valence-corrected chi connectivity index (χ0v) is 14.3. The highest BCUT2D eigenvalue weighted by Gasteiger charge is 2.13. The van der Waals surface area contributed by atoms with Gasteiger partial charge in [0.25, 0.3) is 0 Å². The Morgan fingerprint density at radius 2 is 1.35 bits per heavy atom. The van der Waals surface area contributed by atoms with Gasteiger partial charge in [0.05, 0.1) is 0 Å². The van der Waals surface area contributed by atoms with Crippen LogP contribution in [0.1, 0.15) is 64.7 Å². The third kappa shape index (κ3) is 16.6. The summed E-state index contributed by atoms with van der Waals surface area (Å²) in [6.07, 6.45) is 23.3. The highest BCUT2D eigenvalue weighted by atomic mass is 19.1. The molecule has 0 aromatic carbocycles. The summed E-state index contributed by atoms with van der Waals surface area (Å²) in [5.74, 6) is -1.37. The van der Waals surface area contributed by atoms with Gasteiger partial charge in [-0.05, 0) is 44.9 Å².